The van der Waals surface area contributed by atoms with Crippen LogP contribution in [0.4, 0.5) is 0 Å². The molecule has 2 aliphatic rings. The second-order valence-electron chi connectivity index (χ2n) is 8.68. The van der Waals surface area contributed by atoms with Crippen LogP contribution in [-0.2, 0) is 5.41 Å². The van der Waals surface area contributed by atoms with E-state index in [0.717, 1.165) is 32.1 Å². The van der Waals surface area contributed by atoms with Crippen molar-refractivity contribution in [1.82, 2.24) is 0 Å². The van der Waals surface area contributed by atoms with E-state index in [2.05, 4.69) is 121 Å². The molecule has 3 aromatic carbocycles. The molecule has 0 saturated heterocycles. The van der Waals surface area contributed by atoms with Crippen molar-refractivity contribution < 1.29 is 0 Å². The second-order valence-corrected chi connectivity index (χ2v) is 8.68. The van der Waals surface area contributed by atoms with Crippen LogP contribution in [0.1, 0.15) is 48.8 Å². The van der Waals surface area contributed by atoms with Gasteiger partial charge in [-0.25, -0.2) is 0 Å². The SMILES string of the molecule is C1=CCC(C2=C(C(c3ccccc3)(c3ccccc3)c3ccccc3)CC/C=C\CC2)=C1. The highest BCUT2D eigenvalue weighted by Crippen LogP contribution is 2.50. The van der Waals surface area contributed by atoms with E-state index in [1.807, 2.05) is 0 Å². The summed E-state index contributed by atoms with van der Waals surface area (Å²) in [7, 11) is 0. The second kappa shape index (κ2) is 9.40. The number of hydrogen-bond donors (Lipinski definition) is 0. The maximum Gasteiger partial charge on any atom is 0.0667 e. The van der Waals surface area contributed by atoms with Gasteiger partial charge in [-0.2, -0.15) is 0 Å². The monoisotopic (exact) mass is 414 g/mol. The molecule has 32 heavy (non-hydrogen) atoms. The molecule has 158 valence electrons. The van der Waals surface area contributed by atoms with Crippen LogP contribution in [0, 0.1) is 0 Å². The summed E-state index contributed by atoms with van der Waals surface area (Å²) in [5.74, 6) is 0. The first kappa shape index (κ1) is 20.5. The zero-order valence-corrected chi connectivity index (χ0v) is 18.6. The highest BCUT2D eigenvalue weighted by molar-refractivity contribution is 5.62. The van der Waals surface area contributed by atoms with E-state index in [1.54, 1.807) is 11.1 Å². The van der Waals surface area contributed by atoms with E-state index in [-0.39, 0.29) is 5.41 Å². The van der Waals surface area contributed by atoms with Gasteiger partial charge in [-0.1, -0.05) is 121 Å². The van der Waals surface area contributed by atoms with Gasteiger partial charge in [0.2, 0.25) is 0 Å². The van der Waals surface area contributed by atoms with Crippen LogP contribution in [0.15, 0.2) is 138 Å². The van der Waals surface area contributed by atoms with Crippen LogP contribution in [0.2, 0.25) is 0 Å². The summed E-state index contributed by atoms with van der Waals surface area (Å²) >= 11 is 0. The Morgan fingerprint density at radius 2 is 1.03 bits per heavy atom. The fourth-order valence-corrected chi connectivity index (χ4v) is 5.52. The molecule has 0 N–H and O–H groups in total. The van der Waals surface area contributed by atoms with Gasteiger partial charge in [0, 0.05) is 0 Å². The molecule has 0 radical (unpaired) electrons. The molecule has 0 heteroatoms. The lowest BCUT2D eigenvalue weighted by molar-refractivity contribution is 0.658. The van der Waals surface area contributed by atoms with Crippen molar-refractivity contribution in [1.29, 1.82) is 0 Å². The number of benzene rings is 3. The predicted molar refractivity (Wildman–Crippen MR) is 136 cm³/mol. The Kier molecular flexibility index (Phi) is 6.03. The highest BCUT2D eigenvalue weighted by Gasteiger charge is 2.41. The molecule has 0 bridgehead atoms. The molecule has 0 aliphatic heterocycles. The van der Waals surface area contributed by atoms with E-state index in [0.29, 0.717) is 0 Å². The van der Waals surface area contributed by atoms with E-state index in [9.17, 15) is 0 Å². The Labute approximate surface area is 192 Å². The lowest BCUT2D eigenvalue weighted by atomic mass is 9.61. The molecule has 0 nitrogen and oxygen atoms in total. The van der Waals surface area contributed by atoms with Crippen molar-refractivity contribution in [3.8, 4) is 0 Å². The topological polar surface area (TPSA) is 0 Å². The minimum absolute atomic E-state index is 0.312. The molecule has 0 aromatic heterocycles. The number of hydrogen-bond acceptors (Lipinski definition) is 0. The van der Waals surface area contributed by atoms with Gasteiger partial charge >= 0.3 is 0 Å². The zero-order chi connectivity index (χ0) is 21.6. The highest BCUT2D eigenvalue weighted by atomic mass is 14.4. The van der Waals surface area contributed by atoms with Crippen molar-refractivity contribution >= 4 is 0 Å². The summed E-state index contributed by atoms with van der Waals surface area (Å²) in [6.45, 7) is 0. The van der Waals surface area contributed by atoms with Crippen LogP contribution in [0.25, 0.3) is 0 Å². The third-order valence-electron chi connectivity index (χ3n) is 6.88. The van der Waals surface area contributed by atoms with E-state index >= 15 is 0 Å². The van der Waals surface area contributed by atoms with Crippen LogP contribution in [-0.4, -0.2) is 0 Å². The lowest BCUT2D eigenvalue weighted by Gasteiger charge is -2.41. The summed E-state index contributed by atoms with van der Waals surface area (Å²) in [5, 5.41) is 0. The molecule has 2 aliphatic carbocycles. The van der Waals surface area contributed by atoms with Crippen molar-refractivity contribution in [2.24, 2.45) is 0 Å². The van der Waals surface area contributed by atoms with Crippen molar-refractivity contribution in [3.05, 3.63) is 155 Å². The van der Waals surface area contributed by atoms with E-state index < -0.39 is 0 Å². The summed E-state index contributed by atoms with van der Waals surface area (Å²) in [6, 6.07) is 33.4. The number of rotatable bonds is 5. The van der Waals surface area contributed by atoms with E-state index in [4.69, 9.17) is 0 Å². The summed E-state index contributed by atoms with van der Waals surface area (Å²) < 4.78 is 0. The van der Waals surface area contributed by atoms with Crippen LogP contribution >= 0.6 is 0 Å². The van der Waals surface area contributed by atoms with Crippen molar-refractivity contribution in [2.75, 3.05) is 0 Å². The molecule has 0 fully saturated rings. The third kappa shape index (κ3) is 3.71. The molecule has 0 amide bonds. The third-order valence-corrected chi connectivity index (χ3v) is 6.88. The van der Waals surface area contributed by atoms with Gasteiger partial charge in [0.05, 0.1) is 5.41 Å². The first-order valence-electron chi connectivity index (χ1n) is 11.8. The fraction of sp³-hybridized carbons (Fsp3) is 0.188. The molecule has 3 aromatic rings. The first-order valence-corrected chi connectivity index (χ1v) is 11.8. The number of allylic oxidation sites excluding steroid dienone is 8. The molecule has 0 saturated carbocycles. The zero-order valence-electron chi connectivity index (χ0n) is 18.6. The van der Waals surface area contributed by atoms with Crippen molar-refractivity contribution in [2.45, 2.75) is 37.5 Å². The normalized spacial score (nSPS) is 17.6. The predicted octanol–water partition coefficient (Wildman–Crippen LogP) is 8.33. The fourth-order valence-electron chi connectivity index (χ4n) is 5.52. The maximum absolute atomic E-state index is 2.38. The molecule has 5 rings (SSSR count). The molecular formula is C32H30. The van der Waals surface area contributed by atoms with Gasteiger partial charge in [-0.05, 0) is 65.5 Å². The van der Waals surface area contributed by atoms with Gasteiger partial charge < -0.3 is 0 Å². The van der Waals surface area contributed by atoms with Gasteiger partial charge in [0.25, 0.3) is 0 Å². The largest absolute Gasteiger partial charge is 0.0882 e. The maximum atomic E-state index is 2.38. The average Bonchev–Trinajstić information content (AvgIpc) is 3.38. The van der Waals surface area contributed by atoms with E-state index in [1.165, 1.54) is 22.3 Å². The molecular weight excluding hydrogens is 384 g/mol. The van der Waals surface area contributed by atoms with Gasteiger partial charge in [-0.15, -0.1) is 0 Å². The summed E-state index contributed by atoms with van der Waals surface area (Å²) in [5.41, 5.74) is 8.33. The Morgan fingerprint density at radius 1 is 0.531 bits per heavy atom. The van der Waals surface area contributed by atoms with Crippen LogP contribution < -0.4 is 0 Å². The quantitative estimate of drug-likeness (QED) is 0.291. The summed E-state index contributed by atoms with van der Waals surface area (Å²) in [4.78, 5) is 0. The average molecular weight is 415 g/mol. The molecule has 0 spiro atoms. The molecule has 0 heterocycles. The van der Waals surface area contributed by atoms with Gasteiger partial charge in [0.1, 0.15) is 0 Å². The van der Waals surface area contributed by atoms with Gasteiger partial charge in [-0.3, -0.25) is 0 Å². The van der Waals surface area contributed by atoms with Crippen LogP contribution in [0.5, 0.6) is 0 Å². The van der Waals surface area contributed by atoms with Gasteiger partial charge in [0.15, 0.2) is 0 Å². The minimum Gasteiger partial charge on any atom is -0.0882 e. The standard InChI is InChI=1S/C32H30/c1-2-13-25-31(30(24-12-1)26-16-14-15-17-26)32(27-18-6-3-7-19-27,28-20-8-4-9-21-28)29-22-10-5-11-23-29/h1-11,14-16,18-23H,12-13,17,24-25H2/b2-1-,31-30?. The minimum atomic E-state index is -0.312. The van der Waals surface area contributed by atoms with Crippen LogP contribution in [0.3, 0.4) is 0 Å². The van der Waals surface area contributed by atoms with Crippen molar-refractivity contribution in [3.63, 3.8) is 0 Å². The Morgan fingerprint density at radius 3 is 1.50 bits per heavy atom. The Bertz CT molecular complexity index is 1060. The Hall–Kier alpha value is -3.38. The molecule has 0 unspecified atom stereocenters. The first-order chi connectivity index (χ1) is 15.9. The Balaban J connectivity index is 1.89. The lowest BCUT2D eigenvalue weighted by Crippen LogP contribution is -2.33. The summed E-state index contributed by atoms with van der Waals surface area (Å²) in [6.07, 6.45) is 17.0. The smallest absolute Gasteiger partial charge is 0.0667 e. The molecule has 0 atom stereocenters.